The lowest BCUT2D eigenvalue weighted by atomic mass is 9.96. The van der Waals surface area contributed by atoms with Gasteiger partial charge in [-0.1, -0.05) is 30.3 Å². The molecular weight excluding hydrogens is 354 g/mol. The van der Waals surface area contributed by atoms with Crippen molar-refractivity contribution in [2.75, 3.05) is 12.4 Å². The van der Waals surface area contributed by atoms with Crippen molar-refractivity contribution in [1.29, 1.82) is 0 Å². The first-order valence-corrected chi connectivity index (χ1v) is 10.1. The number of fused-ring (bicyclic) bond motifs is 2. The maximum atomic E-state index is 5.52. The Hall–Kier alpha value is -2.11. The summed E-state index contributed by atoms with van der Waals surface area (Å²) in [5, 5.41) is 7.57. The van der Waals surface area contributed by atoms with E-state index in [1.165, 1.54) is 18.4 Å². The molecule has 0 spiro atoms. The highest BCUT2D eigenvalue weighted by molar-refractivity contribution is 7.80. The highest BCUT2D eigenvalue weighted by Crippen LogP contribution is 2.37. The van der Waals surface area contributed by atoms with E-state index in [0.717, 1.165) is 35.9 Å². The molecule has 0 aromatic heterocycles. The monoisotopic (exact) mass is 381 g/mol. The van der Waals surface area contributed by atoms with Gasteiger partial charge in [0.15, 0.2) is 5.11 Å². The fourth-order valence-electron chi connectivity index (χ4n) is 4.47. The third-order valence-electron chi connectivity index (χ3n) is 5.78. The summed E-state index contributed by atoms with van der Waals surface area (Å²) in [6, 6.07) is 20.3. The lowest BCUT2D eigenvalue weighted by Gasteiger charge is -2.39. The van der Waals surface area contributed by atoms with Gasteiger partial charge in [0.2, 0.25) is 0 Å². The quantitative estimate of drug-likeness (QED) is 0.760. The first-order valence-electron chi connectivity index (χ1n) is 9.72. The number of benzene rings is 2. The number of piperidine rings is 1. The summed E-state index contributed by atoms with van der Waals surface area (Å²) in [7, 11) is 1.71. The molecule has 2 aromatic carbocycles. The molecule has 2 saturated heterocycles. The van der Waals surface area contributed by atoms with Crippen molar-refractivity contribution in [1.82, 2.24) is 10.2 Å². The summed E-state index contributed by atoms with van der Waals surface area (Å²) < 4.78 is 5.27. The van der Waals surface area contributed by atoms with Gasteiger partial charge in [-0.2, -0.15) is 0 Å². The Balaban J connectivity index is 1.32. The predicted octanol–water partition coefficient (Wildman–Crippen LogP) is 4.18. The number of anilines is 1. The first-order chi connectivity index (χ1) is 13.2. The molecule has 4 nitrogen and oxygen atoms in total. The van der Waals surface area contributed by atoms with E-state index in [0.29, 0.717) is 18.1 Å². The minimum atomic E-state index is 0.457. The van der Waals surface area contributed by atoms with Crippen LogP contribution in [0, 0.1) is 0 Å². The summed E-state index contributed by atoms with van der Waals surface area (Å²) >= 11 is 5.52. The molecule has 142 valence electrons. The van der Waals surface area contributed by atoms with Crippen LogP contribution in [0.4, 0.5) is 5.69 Å². The normalized spacial score (nSPS) is 24.4. The van der Waals surface area contributed by atoms with Gasteiger partial charge in [0.05, 0.1) is 7.11 Å². The molecule has 0 aliphatic carbocycles. The Bertz CT molecular complexity index is 751. The van der Waals surface area contributed by atoms with E-state index in [9.17, 15) is 0 Å². The molecule has 1 unspecified atom stereocenters. The van der Waals surface area contributed by atoms with Crippen molar-refractivity contribution in [3.8, 4) is 5.75 Å². The average molecular weight is 382 g/mol. The van der Waals surface area contributed by atoms with Crippen molar-refractivity contribution in [2.45, 2.75) is 50.4 Å². The van der Waals surface area contributed by atoms with E-state index >= 15 is 0 Å². The Labute approximate surface area is 166 Å². The van der Waals surface area contributed by atoms with Crippen LogP contribution in [0.25, 0.3) is 0 Å². The molecule has 3 atom stereocenters. The van der Waals surface area contributed by atoms with Crippen LogP contribution in [0.1, 0.15) is 31.2 Å². The lowest BCUT2D eigenvalue weighted by molar-refractivity contribution is 0.115. The lowest BCUT2D eigenvalue weighted by Crippen LogP contribution is -2.50. The van der Waals surface area contributed by atoms with Crippen LogP contribution >= 0.6 is 12.2 Å². The highest BCUT2D eigenvalue weighted by atomic mass is 32.1. The van der Waals surface area contributed by atoms with Crippen LogP contribution in [-0.4, -0.2) is 35.2 Å². The summed E-state index contributed by atoms with van der Waals surface area (Å²) in [6.07, 6.45) is 4.89. The zero-order chi connectivity index (χ0) is 18.6. The second-order valence-corrected chi connectivity index (χ2v) is 7.95. The third-order valence-corrected chi connectivity index (χ3v) is 6.00. The first kappa shape index (κ1) is 18.3. The fourth-order valence-corrected chi connectivity index (χ4v) is 4.75. The van der Waals surface area contributed by atoms with Crippen molar-refractivity contribution < 1.29 is 4.74 Å². The van der Waals surface area contributed by atoms with Crippen molar-refractivity contribution >= 4 is 23.0 Å². The van der Waals surface area contributed by atoms with Gasteiger partial charge in [-0.05, 0) is 67.7 Å². The van der Waals surface area contributed by atoms with Crippen LogP contribution < -0.4 is 15.4 Å². The third kappa shape index (κ3) is 4.42. The van der Waals surface area contributed by atoms with Crippen LogP contribution in [0.5, 0.6) is 5.75 Å². The molecule has 2 heterocycles. The molecular formula is C22H27N3OS. The summed E-state index contributed by atoms with van der Waals surface area (Å²) in [5.41, 5.74) is 2.40. The zero-order valence-electron chi connectivity index (χ0n) is 15.7. The molecule has 0 saturated carbocycles. The number of methoxy groups -OCH3 is 1. The molecule has 2 aliphatic rings. The molecule has 5 heteroatoms. The number of hydrogen-bond donors (Lipinski definition) is 2. The smallest absolute Gasteiger partial charge is 0.170 e. The van der Waals surface area contributed by atoms with Gasteiger partial charge in [-0.3, -0.25) is 4.90 Å². The molecule has 2 bridgehead atoms. The van der Waals surface area contributed by atoms with Crippen LogP contribution in [-0.2, 0) is 6.54 Å². The van der Waals surface area contributed by atoms with Crippen molar-refractivity contribution in [2.24, 2.45) is 0 Å². The van der Waals surface area contributed by atoms with E-state index in [2.05, 4.69) is 39.8 Å². The average Bonchev–Trinajstić information content (AvgIpc) is 2.91. The summed E-state index contributed by atoms with van der Waals surface area (Å²) in [6.45, 7) is 1.03. The summed E-state index contributed by atoms with van der Waals surface area (Å²) in [5.74, 6) is 0.920. The van der Waals surface area contributed by atoms with E-state index in [4.69, 9.17) is 17.0 Å². The fraction of sp³-hybridized carbons (Fsp3) is 0.409. The number of hydrogen-bond acceptors (Lipinski definition) is 3. The number of nitrogens with one attached hydrogen (secondary N) is 2. The minimum Gasteiger partial charge on any atom is -0.497 e. The largest absolute Gasteiger partial charge is 0.497 e. The van der Waals surface area contributed by atoms with Crippen molar-refractivity contribution in [3.05, 3.63) is 60.2 Å². The molecule has 0 radical (unpaired) electrons. The molecule has 4 rings (SSSR count). The Morgan fingerprint density at radius 3 is 2.33 bits per heavy atom. The second-order valence-electron chi connectivity index (χ2n) is 7.54. The maximum absolute atomic E-state index is 5.52. The van der Waals surface area contributed by atoms with Gasteiger partial charge in [-0.15, -0.1) is 0 Å². The zero-order valence-corrected chi connectivity index (χ0v) is 16.5. The van der Waals surface area contributed by atoms with E-state index in [-0.39, 0.29) is 0 Å². The summed E-state index contributed by atoms with van der Waals surface area (Å²) in [4.78, 5) is 2.69. The van der Waals surface area contributed by atoms with Gasteiger partial charge in [-0.25, -0.2) is 0 Å². The van der Waals surface area contributed by atoms with Crippen LogP contribution in [0.2, 0.25) is 0 Å². The molecule has 2 aliphatic heterocycles. The van der Waals surface area contributed by atoms with E-state index in [1.54, 1.807) is 7.11 Å². The number of para-hydroxylation sites is 1. The SMILES string of the molecule is COc1ccc(CN2[C@@H]3CC[C@H]2CC(NC(=S)Nc2ccccc2)C3)cc1. The number of nitrogens with zero attached hydrogens (tertiary/aromatic N) is 1. The van der Waals surface area contributed by atoms with Gasteiger partial charge in [0.1, 0.15) is 5.75 Å². The minimum absolute atomic E-state index is 0.457. The van der Waals surface area contributed by atoms with Crippen molar-refractivity contribution in [3.63, 3.8) is 0 Å². The molecule has 2 N–H and O–H groups in total. The van der Waals surface area contributed by atoms with Gasteiger partial charge in [0, 0.05) is 30.4 Å². The van der Waals surface area contributed by atoms with Gasteiger partial charge >= 0.3 is 0 Å². The van der Waals surface area contributed by atoms with Crippen LogP contribution in [0.3, 0.4) is 0 Å². The highest BCUT2D eigenvalue weighted by Gasteiger charge is 2.40. The topological polar surface area (TPSA) is 36.5 Å². The maximum Gasteiger partial charge on any atom is 0.170 e. The number of rotatable bonds is 5. The molecule has 0 amide bonds. The molecule has 2 aromatic rings. The van der Waals surface area contributed by atoms with Gasteiger partial charge in [0.25, 0.3) is 0 Å². The van der Waals surface area contributed by atoms with E-state index in [1.807, 2.05) is 30.3 Å². The molecule has 2 fully saturated rings. The van der Waals surface area contributed by atoms with Gasteiger partial charge < -0.3 is 15.4 Å². The van der Waals surface area contributed by atoms with E-state index < -0.39 is 0 Å². The second kappa shape index (κ2) is 8.28. The number of ether oxygens (including phenoxy) is 1. The standard InChI is InChI=1S/C22H27N3OS/c1-26-21-11-7-16(8-12-21)15-25-19-9-10-20(25)14-18(13-19)24-22(27)23-17-5-3-2-4-6-17/h2-8,11-12,18-20H,9-10,13-15H2,1H3,(H2,23,24,27)/t18?,19-,20+. The predicted molar refractivity (Wildman–Crippen MR) is 114 cm³/mol. The van der Waals surface area contributed by atoms with Crippen LogP contribution in [0.15, 0.2) is 54.6 Å². The Kier molecular flexibility index (Phi) is 5.60. The Morgan fingerprint density at radius 2 is 1.70 bits per heavy atom. The Morgan fingerprint density at radius 1 is 1.04 bits per heavy atom. The molecule has 27 heavy (non-hydrogen) atoms. The number of thiocarbonyl (C=S) groups is 1.